The molecule has 4 nitrogen and oxygen atoms in total. The highest BCUT2D eigenvalue weighted by Crippen LogP contribution is 2.24. The normalized spacial score (nSPS) is 11.0. The van der Waals surface area contributed by atoms with Crippen LogP contribution in [0.4, 0.5) is 5.13 Å². The largest absolute Gasteiger partial charge is 0.493 e. The van der Waals surface area contributed by atoms with E-state index in [0.717, 1.165) is 46.3 Å². The monoisotopic (exact) mass is 351 g/mol. The Kier molecular flexibility index (Phi) is 5.80. The van der Waals surface area contributed by atoms with E-state index in [0.29, 0.717) is 0 Å². The van der Waals surface area contributed by atoms with Crippen LogP contribution in [0.3, 0.4) is 0 Å². The average molecular weight is 351 g/mol. The highest BCUT2D eigenvalue weighted by molar-refractivity contribution is 7.14. The van der Waals surface area contributed by atoms with Gasteiger partial charge in [0.05, 0.1) is 18.5 Å². The molecule has 128 valence electrons. The average Bonchev–Trinajstić information content (AvgIpc) is 3.12. The number of nitrogens with one attached hydrogen (secondary N) is 1. The van der Waals surface area contributed by atoms with Gasteiger partial charge in [0.2, 0.25) is 5.13 Å². The smallest absolute Gasteiger partial charge is 0.203 e. The van der Waals surface area contributed by atoms with Crippen molar-refractivity contribution >= 4 is 22.7 Å². The van der Waals surface area contributed by atoms with Crippen LogP contribution in [-0.2, 0) is 0 Å². The molecular weight excluding hydrogens is 330 g/mol. The van der Waals surface area contributed by atoms with Crippen molar-refractivity contribution in [2.45, 2.75) is 20.3 Å². The number of hydrogen-bond donors (Lipinski definition) is 1. The molecule has 0 bridgehead atoms. The van der Waals surface area contributed by atoms with E-state index in [9.17, 15) is 0 Å². The van der Waals surface area contributed by atoms with Crippen LogP contribution in [-0.4, -0.2) is 17.8 Å². The van der Waals surface area contributed by atoms with Crippen LogP contribution in [0.15, 0.2) is 59.0 Å². The molecule has 0 radical (unpaired) electrons. The number of anilines is 1. The Labute approximate surface area is 152 Å². The minimum Gasteiger partial charge on any atom is -0.493 e. The Morgan fingerprint density at radius 2 is 2.04 bits per heavy atom. The first-order valence-corrected chi connectivity index (χ1v) is 9.17. The topological polar surface area (TPSA) is 46.5 Å². The van der Waals surface area contributed by atoms with Gasteiger partial charge in [-0.05, 0) is 30.5 Å². The maximum absolute atomic E-state index is 5.75. The molecule has 1 N–H and O–H groups in total. The minimum absolute atomic E-state index is 0.723. The Balaban J connectivity index is 1.65. The maximum atomic E-state index is 5.75. The number of thiazole rings is 1. The van der Waals surface area contributed by atoms with Gasteiger partial charge in [-0.1, -0.05) is 49.4 Å². The molecule has 0 atom stereocenters. The number of rotatable bonds is 7. The van der Waals surface area contributed by atoms with E-state index < -0.39 is 0 Å². The van der Waals surface area contributed by atoms with Crippen molar-refractivity contribution in [2.24, 2.45) is 5.10 Å². The van der Waals surface area contributed by atoms with Gasteiger partial charge in [-0.2, -0.15) is 5.10 Å². The SMILES string of the molecule is CCCOc1cc(C=NNc2nc(-c3ccccc3)cs2)ccc1C. The third kappa shape index (κ3) is 4.67. The van der Waals surface area contributed by atoms with Gasteiger partial charge >= 0.3 is 0 Å². The number of nitrogens with zero attached hydrogens (tertiary/aromatic N) is 2. The van der Waals surface area contributed by atoms with E-state index in [1.807, 2.05) is 60.8 Å². The molecule has 0 saturated heterocycles. The molecule has 0 amide bonds. The molecule has 0 aliphatic rings. The van der Waals surface area contributed by atoms with Gasteiger partial charge < -0.3 is 4.74 Å². The fraction of sp³-hybridized carbons (Fsp3) is 0.200. The lowest BCUT2D eigenvalue weighted by Crippen LogP contribution is -1.98. The summed E-state index contributed by atoms with van der Waals surface area (Å²) in [5, 5.41) is 7.08. The fourth-order valence-electron chi connectivity index (χ4n) is 2.29. The second-order valence-corrected chi connectivity index (χ2v) is 6.51. The predicted octanol–water partition coefficient (Wildman–Crippen LogP) is 5.35. The second kappa shape index (κ2) is 8.44. The highest BCUT2D eigenvalue weighted by Gasteiger charge is 2.03. The molecule has 3 aromatic rings. The van der Waals surface area contributed by atoms with Crippen molar-refractivity contribution in [3.8, 4) is 17.0 Å². The molecule has 0 saturated carbocycles. The van der Waals surface area contributed by atoms with Crippen LogP contribution in [0.5, 0.6) is 5.75 Å². The summed E-state index contributed by atoms with van der Waals surface area (Å²) in [5.41, 5.74) is 7.17. The van der Waals surface area contributed by atoms with Gasteiger partial charge in [0.15, 0.2) is 0 Å². The molecule has 0 fully saturated rings. The summed E-state index contributed by atoms with van der Waals surface area (Å²) in [7, 11) is 0. The van der Waals surface area contributed by atoms with Crippen molar-refractivity contribution in [3.63, 3.8) is 0 Å². The Hall–Kier alpha value is -2.66. The van der Waals surface area contributed by atoms with E-state index in [2.05, 4.69) is 22.4 Å². The van der Waals surface area contributed by atoms with Crippen LogP contribution in [0.1, 0.15) is 24.5 Å². The van der Waals surface area contributed by atoms with Gasteiger partial charge in [0.1, 0.15) is 5.75 Å². The number of hydrazone groups is 1. The van der Waals surface area contributed by atoms with Crippen molar-refractivity contribution in [3.05, 3.63) is 65.0 Å². The lowest BCUT2D eigenvalue weighted by atomic mass is 10.1. The molecule has 1 heterocycles. The van der Waals surface area contributed by atoms with Gasteiger partial charge in [0, 0.05) is 10.9 Å². The van der Waals surface area contributed by atoms with Crippen molar-refractivity contribution < 1.29 is 4.74 Å². The number of hydrogen-bond acceptors (Lipinski definition) is 5. The molecule has 5 heteroatoms. The van der Waals surface area contributed by atoms with E-state index in [1.165, 1.54) is 11.3 Å². The number of benzene rings is 2. The molecule has 0 aliphatic heterocycles. The van der Waals surface area contributed by atoms with Crippen LogP contribution in [0.2, 0.25) is 0 Å². The van der Waals surface area contributed by atoms with Crippen LogP contribution >= 0.6 is 11.3 Å². The van der Waals surface area contributed by atoms with Gasteiger partial charge in [0.25, 0.3) is 0 Å². The Morgan fingerprint density at radius 3 is 2.84 bits per heavy atom. The summed E-state index contributed by atoms with van der Waals surface area (Å²) in [6.45, 7) is 4.87. The Bertz CT molecular complexity index is 843. The molecule has 2 aromatic carbocycles. The second-order valence-electron chi connectivity index (χ2n) is 5.65. The van der Waals surface area contributed by atoms with E-state index in [1.54, 1.807) is 6.21 Å². The summed E-state index contributed by atoms with van der Waals surface area (Å²) in [6, 6.07) is 16.2. The third-order valence-corrected chi connectivity index (χ3v) is 4.37. The Morgan fingerprint density at radius 1 is 1.20 bits per heavy atom. The zero-order valence-corrected chi connectivity index (χ0v) is 15.2. The quantitative estimate of drug-likeness (QED) is 0.461. The first-order chi connectivity index (χ1) is 12.3. The number of aryl methyl sites for hydroxylation is 1. The lowest BCUT2D eigenvalue weighted by Gasteiger charge is -2.08. The van der Waals surface area contributed by atoms with Crippen LogP contribution < -0.4 is 10.2 Å². The summed E-state index contributed by atoms with van der Waals surface area (Å²) < 4.78 is 5.75. The van der Waals surface area contributed by atoms with Gasteiger partial charge in [-0.25, -0.2) is 4.98 Å². The standard InChI is InChI=1S/C20H21N3OS/c1-3-11-24-19-12-16(10-9-15(19)2)13-21-23-20-22-18(14-25-20)17-7-5-4-6-8-17/h4-10,12-14H,3,11H2,1-2H3,(H,22,23). The first-order valence-electron chi connectivity index (χ1n) is 8.29. The molecule has 25 heavy (non-hydrogen) atoms. The molecular formula is C20H21N3OS. The van der Waals surface area contributed by atoms with Crippen molar-refractivity contribution in [2.75, 3.05) is 12.0 Å². The lowest BCUT2D eigenvalue weighted by molar-refractivity contribution is 0.315. The molecule has 3 rings (SSSR count). The van der Waals surface area contributed by atoms with Crippen molar-refractivity contribution in [1.82, 2.24) is 4.98 Å². The molecule has 0 aliphatic carbocycles. The third-order valence-electron chi connectivity index (χ3n) is 3.62. The summed E-state index contributed by atoms with van der Waals surface area (Å²) in [5.74, 6) is 0.909. The molecule has 1 aromatic heterocycles. The molecule has 0 spiro atoms. The van der Waals surface area contributed by atoms with E-state index in [4.69, 9.17) is 4.74 Å². The highest BCUT2D eigenvalue weighted by atomic mass is 32.1. The van der Waals surface area contributed by atoms with E-state index >= 15 is 0 Å². The summed E-state index contributed by atoms with van der Waals surface area (Å²) >= 11 is 1.54. The van der Waals surface area contributed by atoms with Gasteiger partial charge in [-0.15, -0.1) is 11.3 Å². The van der Waals surface area contributed by atoms with Crippen molar-refractivity contribution in [1.29, 1.82) is 0 Å². The fourth-order valence-corrected chi connectivity index (χ4v) is 2.96. The van der Waals surface area contributed by atoms with Crippen LogP contribution in [0.25, 0.3) is 11.3 Å². The first kappa shape index (κ1) is 17.2. The number of aromatic nitrogens is 1. The maximum Gasteiger partial charge on any atom is 0.203 e. The van der Waals surface area contributed by atoms with E-state index in [-0.39, 0.29) is 0 Å². The minimum atomic E-state index is 0.723. The predicted molar refractivity (Wildman–Crippen MR) is 106 cm³/mol. The summed E-state index contributed by atoms with van der Waals surface area (Å²) in [4.78, 5) is 4.55. The van der Waals surface area contributed by atoms with Gasteiger partial charge in [-0.3, -0.25) is 5.43 Å². The summed E-state index contributed by atoms with van der Waals surface area (Å²) in [6.07, 6.45) is 2.77. The zero-order chi connectivity index (χ0) is 17.5. The molecule has 0 unspecified atom stereocenters. The zero-order valence-electron chi connectivity index (χ0n) is 14.4. The van der Waals surface area contributed by atoms with Crippen LogP contribution in [0, 0.1) is 6.92 Å². The number of ether oxygens (including phenoxy) is 1.